The van der Waals surface area contributed by atoms with E-state index in [-0.39, 0.29) is 41.3 Å². The summed E-state index contributed by atoms with van der Waals surface area (Å²) in [6.07, 6.45) is 3.15. The normalized spacial score (nSPS) is 36.4. The molecule has 146 valence electrons. The quantitative estimate of drug-likeness (QED) is 0.404. The summed E-state index contributed by atoms with van der Waals surface area (Å²) in [5.41, 5.74) is 0. The Balaban J connectivity index is 1.48. The lowest BCUT2D eigenvalue weighted by atomic mass is 9.76. The van der Waals surface area contributed by atoms with Crippen LogP contribution in [-0.4, -0.2) is 55.4 Å². The van der Waals surface area contributed by atoms with Crippen molar-refractivity contribution < 1.29 is 28.6 Å². The van der Waals surface area contributed by atoms with Gasteiger partial charge in [0.15, 0.2) is 0 Å². The number of amides is 3. The van der Waals surface area contributed by atoms with Gasteiger partial charge in [-0.2, -0.15) is 0 Å². The first-order valence-corrected chi connectivity index (χ1v) is 9.52. The largest absolute Gasteiger partial charge is 0.469 e. The number of hydrogen-bond acceptors (Lipinski definition) is 6. The number of carbonyl (C=O) groups is 3. The second-order valence-electron chi connectivity index (χ2n) is 7.05. The number of unbranched alkanes of at least 4 members (excludes halogenated alkanes) is 1. The number of methoxy groups -OCH3 is 1. The van der Waals surface area contributed by atoms with E-state index in [1.165, 1.54) is 7.11 Å². The predicted molar refractivity (Wildman–Crippen MR) is 91.4 cm³/mol. The third-order valence-corrected chi connectivity index (χ3v) is 5.89. The molecule has 3 rings (SSSR count). The molecule has 1 aliphatic carbocycles. The molecule has 2 N–H and O–H groups in total. The maximum atomic E-state index is 12.0. The maximum absolute atomic E-state index is 12.0. The molecule has 2 saturated heterocycles. The van der Waals surface area contributed by atoms with Crippen molar-refractivity contribution >= 4 is 29.5 Å². The molecule has 26 heavy (non-hydrogen) atoms. The van der Waals surface area contributed by atoms with Crippen LogP contribution in [0.3, 0.4) is 0 Å². The first-order chi connectivity index (χ1) is 12.5. The van der Waals surface area contributed by atoms with Gasteiger partial charge in [0.1, 0.15) is 6.23 Å². The van der Waals surface area contributed by atoms with Gasteiger partial charge in [0.25, 0.3) is 0 Å². The number of alkyl halides is 1. The molecule has 6 unspecified atom stereocenters. The number of urea groups is 1. The molecule has 0 spiro atoms. The summed E-state index contributed by atoms with van der Waals surface area (Å²) in [5.74, 6) is -0.691. The second-order valence-corrected chi connectivity index (χ2v) is 7.55. The van der Waals surface area contributed by atoms with Crippen LogP contribution < -0.4 is 10.6 Å². The van der Waals surface area contributed by atoms with Crippen molar-refractivity contribution in [3.8, 4) is 0 Å². The standard InChI is InChI=1S/C17H25ClN2O6/c1-24-12(21)4-2-3-7-25-11-6-5-9-8-10-15(22)19-17(23)20-16(10)26-14(9)13(11)18/h9-11,13-14,16H,2-8H2,1H3,(H2,19,20,22,23). The number of esters is 1. The Kier molecular flexibility index (Phi) is 6.37. The van der Waals surface area contributed by atoms with Crippen LogP contribution in [0.1, 0.15) is 38.5 Å². The van der Waals surface area contributed by atoms with E-state index in [9.17, 15) is 14.4 Å². The molecule has 9 heteroatoms. The first-order valence-electron chi connectivity index (χ1n) is 9.09. The van der Waals surface area contributed by atoms with E-state index in [1.54, 1.807) is 0 Å². The number of rotatable bonds is 6. The Bertz CT molecular complexity index is 559. The molecule has 2 aliphatic heterocycles. The van der Waals surface area contributed by atoms with Gasteiger partial charge in [-0.25, -0.2) is 4.79 Å². The van der Waals surface area contributed by atoms with Gasteiger partial charge in [-0.15, -0.1) is 11.6 Å². The minimum absolute atomic E-state index is 0.138. The minimum Gasteiger partial charge on any atom is -0.469 e. The smallest absolute Gasteiger partial charge is 0.323 e. The summed E-state index contributed by atoms with van der Waals surface area (Å²) in [6.45, 7) is 0.521. The molecule has 0 bridgehead atoms. The van der Waals surface area contributed by atoms with Crippen molar-refractivity contribution in [2.24, 2.45) is 11.8 Å². The lowest BCUT2D eigenvalue weighted by Gasteiger charge is -2.48. The van der Waals surface area contributed by atoms with Crippen LogP contribution in [0.2, 0.25) is 0 Å². The maximum Gasteiger partial charge on any atom is 0.323 e. The van der Waals surface area contributed by atoms with Gasteiger partial charge in [0.2, 0.25) is 5.91 Å². The van der Waals surface area contributed by atoms with Crippen molar-refractivity contribution in [3.05, 3.63) is 0 Å². The summed E-state index contributed by atoms with van der Waals surface area (Å²) in [5, 5.41) is 4.61. The molecular weight excluding hydrogens is 364 g/mol. The summed E-state index contributed by atoms with van der Waals surface area (Å²) in [7, 11) is 1.38. The summed E-state index contributed by atoms with van der Waals surface area (Å²) in [6, 6.07) is -0.532. The van der Waals surface area contributed by atoms with E-state index in [2.05, 4.69) is 15.4 Å². The summed E-state index contributed by atoms with van der Waals surface area (Å²) in [4.78, 5) is 34.6. The molecule has 3 fully saturated rings. The average Bonchev–Trinajstić information content (AvgIpc) is 2.62. The van der Waals surface area contributed by atoms with E-state index >= 15 is 0 Å². The van der Waals surface area contributed by atoms with Gasteiger partial charge >= 0.3 is 12.0 Å². The predicted octanol–water partition coefficient (Wildman–Crippen LogP) is 1.30. The molecule has 0 radical (unpaired) electrons. The van der Waals surface area contributed by atoms with Gasteiger partial charge in [0, 0.05) is 13.0 Å². The number of nitrogens with one attached hydrogen (secondary N) is 2. The molecule has 0 aromatic rings. The van der Waals surface area contributed by atoms with Crippen molar-refractivity contribution in [3.63, 3.8) is 0 Å². The number of fused-ring (bicyclic) bond motifs is 2. The second kappa shape index (κ2) is 8.54. The highest BCUT2D eigenvalue weighted by atomic mass is 35.5. The third-order valence-electron chi connectivity index (χ3n) is 5.36. The zero-order valence-corrected chi connectivity index (χ0v) is 15.5. The first kappa shape index (κ1) is 19.4. The van der Waals surface area contributed by atoms with Gasteiger partial charge in [-0.1, -0.05) is 0 Å². The minimum atomic E-state index is -0.627. The highest BCUT2D eigenvalue weighted by Crippen LogP contribution is 2.41. The lowest BCUT2D eigenvalue weighted by molar-refractivity contribution is -0.170. The van der Waals surface area contributed by atoms with Crippen LogP contribution in [0.25, 0.3) is 0 Å². The van der Waals surface area contributed by atoms with Gasteiger partial charge in [-0.3, -0.25) is 14.9 Å². The number of imide groups is 1. The van der Waals surface area contributed by atoms with E-state index in [1.807, 2.05) is 0 Å². The Morgan fingerprint density at radius 3 is 2.88 bits per heavy atom. The Labute approximate surface area is 157 Å². The molecule has 3 amide bonds. The zero-order valence-electron chi connectivity index (χ0n) is 14.7. The Morgan fingerprint density at radius 1 is 1.31 bits per heavy atom. The van der Waals surface area contributed by atoms with Crippen LogP contribution in [0.4, 0.5) is 4.79 Å². The molecule has 1 saturated carbocycles. The van der Waals surface area contributed by atoms with E-state index < -0.39 is 12.3 Å². The zero-order chi connectivity index (χ0) is 18.7. The van der Waals surface area contributed by atoms with Crippen LogP contribution >= 0.6 is 11.6 Å². The van der Waals surface area contributed by atoms with Gasteiger partial charge in [-0.05, 0) is 38.0 Å². The topological polar surface area (TPSA) is 103 Å². The molecule has 6 atom stereocenters. The molecule has 0 aromatic heterocycles. The van der Waals surface area contributed by atoms with Crippen molar-refractivity contribution in [2.45, 2.75) is 62.3 Å². The fourth-order valence-corrected chi connectivity index (χ4v) is 4.42. The van der Waals surface area contributed by atoms with E-state index in [0.717, 1.165) is 19.3 Å². The monoisotopic (exact) mass is 388 g/mol. The number of hydrogen-bond donors (Lipinski definition) is 2. The molecule has 2 heterocycles. The Hall–Kier alpha value is -1.38. The third kappa shape index (κ3) is 4.29. The highest BCUT2D eigenvalue weighted by Gasteiger charge is 2.50. The van der Waals surface area contributed by atoms with Crippen molar-refractivity contribution in [1.82, 2.24) is 10.6 Å². The molecule has 8 nitrogen and oxygen atoms in total. The highest BCUT2D eigenvalue weighted by molar-refractivity contribution is 6.21. The average molecular weight is 389 g/mol. The van der Waals surface area contributed by atoms with Crippen LogP contribution in [0, 0.1) is 11.8 Å². The molecular formula is C17H25ClN2O6. The van der Waals surface area contributed by atoms with Gasteiger partial charge < -0.3 is 19.5 Å². The Morgan fingerprint density at radius 2 is 2.12 bits per heavy atom. The lowest BCUT2D eigenvalue weighted by Crippen LogP contribution is -2.65. The van der Waals surface area contributed by atoms with E-state index in [4.69, 9.17) is 21.1 Å². The fraction of sp³-hybridized carbons (Fsp3) is 0.824. The molecule has 0 aromatic carbocycles. The summed E-state index contributed by atoms with van der Waals surface area (Å²) < 4.78 is 16.5. The fourth-order valence-electron chi connectivity index (χ4n) is 3.96. The number of halogens is 1. The van der Waals surface area contributed by atoms with Crippen molar-refractivity contribution in [1.29, 1.82) is 0 Å². The summed E-state index contributed by atoms with van der Waals surface area (Å²) >= 11 is 6.61. The van der Waals surface area contributed by atoms with Crippen molar-refractivity contribution in [2.75, 3.05) is 13.7 Å². The number of ether oxygens (including phenoxy) is 3. The van der Waals surface area contributed by atoms with Crippen LogP contribution in [0.15, 0.2) is 0 Å². The van der Waals surface area contributed by atoms with Crippen LogP contribution in [0.5, 0.6) is 0 Å². The molecule has 3 aliphatic rings. The van der Waals surface area contributed by atoms with Gasteiger partial charge in [0.05, 0.1) is 30.6 Å². The SMILES string of the molecule is COC(=O)CCCCOC1CCC2CC3C(=O)NC(=O)NC3OC2C1Cl. The van der Waals surface area contributed by atoms with E-state index in [0.29, 0.717) is 25.9 Å². The van der Waals surface area contributed by atoms with Crippen LogP contribution in [-0.2, 0) is 23.8 Å². The number of carbonyl (C=O) groups excluding carboxylic acids is 3.